The maximum absolute atomic E-state index is 12.1. The van der Waals surface area contributed by atoms with E-state index in [0.717, 1.165) is 37.2 Å². The van der Waals surface area contributed by atoms with Gasteiger partial charge in [-0.15, -0.1) is 0 Å². The molecular weight excluding hydrogens is 304 g/mol. The fourth-order valence-electron chi connectivity index (χ4n) is 3.00. The van der Waals surface area contributed by atoms with Crippen molar-refractivity contribution in [3.8, 4) is 5.75 Å². The van der Waals surface area contributed by atoms with Crippen molar-refractivity contribution in [1.29, 1.82) is 0 Å². The van der Waals surface area contributed by atoms with Gasteiger partial charge in [0, 0.05) is 31.5 Å². The van der Waals surface area contributed by atoms with Gasteiger partial charge in [-0.05, 0) is 37.0 Å². The summed E-state index contributed by atoms with van der Waals surface area (Å²) in [6.45, 7) is 5.32. The Bertz CT molecular complexity index is 563. The van der Waals surface area contributed by atoms with E-state index in [9.17, 15) is 9.59 Å². The van der Waals surface area contributed by atoms with E-state index in [2.05, 4.69) is 5.32 Å². The summed E-state index contributed by atoms with van der Waals surface area (Å²) in [6.07, 6.45) is 2.85. The van der Waals surface area contributed by atoms with Gasteiger partial charge in [-0.2, -0.15) is 0 Å². The van der Waals surface area contributed by atoms with Crippen LogP contribution in [0.2, 0.25) is 0 Å². The molecule has 0 aliphatic carbocycles. The quantitative estimate of drug-likeness (QED) is 0.870. The number of carbonyl (C=O) groups is 2. The number of methoxy groups -OCH3 is 1. The van der Waals surface area contributed by atoms with Crippen LogP contribution >= 0.6 is 0 Å². The first-order valence-electron chi connectivity index (χ1n) is 8.70. The number of piperidine rings is 1. The van der Waals surface area contributed by atoms with E-state index in [-0.39, 0.29) is 23.8 Å². The molecule has 24 heavy (non-hydrogen) atoms. The summed E-state index contributed by atoms with van der Waals surface area (Å²) in [6, 6.07) is 7.98. The Morgan fingerprint density at radius 3 is 2.62 bits per heavy atom. The normalized spacial score (nSPS) is 15.4. The highest BCUT2D eigenvalue weighted by Crippen LogP contribution is 2.15. The molecule has 0 radical (unpaired) electrons. The molecule has 2 rings (SSSR count). The Morgan fingerprint density at radius 1 is 1.29 bits per heavy atom. The van der Waals surface area contributed by atoms with Gasteiger partial charge in [-0.25, -0.2) is 0 Å². The summed E-state index contributed by atoms with van der Waals surface area (Å²) in [5.74, 6) is 1.14. The lowest BCUT2D eigenvalue weighted by atomic mass is 10.0. The van der Waals surface area contributed by atoms with Crippen LogP contribution in [-0.4, -0.2) is 43.0 Å². The van der Waals surface area contributed by atoms with Gasteiger partial charge < -0.3 is 15.0 Å². The lowest BCUT2D eigenvalue weighted by Gasteiger charge is -2.33. The molecule has 1 aliphatic heterocycles. The molecule has 0 aromatic heterocycles. The largest absolute Gasteiger partial charge is 0.497 e. The fraction of sp³-hybridized carbons (Fsp3) is 0.579. The predicted octanol–water partition coefficient (Wildman–Crippen LogP) is 2.39. The maximum Gasteiger partial charge on any atom is 0.225 e. The van der Waals surface area contributed by atoms with Crippen molar-refractivity contribution >= 4 is 11.8 Å². The number of hydrogen-bond acceptors (Lipinski definition) is 3. The third-order valence-corrected chi connectivity index (χ3v) is 4.44. The molecule has 1 aliphatic rings. The second-order valence-electron chi connectivity index (χ2n) is 6.67. The number of carbonyl (C=O) groups excluding carboxylic acids is 2. The molecular formula is C19H28N2O3. The SMILES string of the molecule is COc1cccc(CCC(=O)NC2CCN(C(=O)C(C)C)CC2)c1. The number of nitrogens with zero attached hydrogens (tertiary/aromatic N) is 1. The Labute approximate surface area is 144 Å². The number of benzene rings is 1. The molecule has 1 aromatic carbocycles. The zero-order valence-electron chi connectivity index (χ0n) is 14.9. The summed E-state index contributed by atoms with van der Waals surface area (Å²) < 4.78 is 5.20. The molecule has 5 nitrogen and oxygen atoms in total. The molecule has 0 atom stereocenters. The molecule has 1 saturated heterocycles. The third kappa shape index (κ3) is 5.25. The number of hydrogen-bond donors (Lipinski definition) is 1. The topological polar surface area (TPSA) is 58.6 Å². The highest BCUT2D eigenvalue weighted by Gasteiger charge is 2.24. The Balaban J connectivity index is 1.72. The van der Waals surface area contributed by atoms with E-state index >= 15 is 0 Å². The minimum Gasteiger partial charge on any atom is -0.497 e. The van der Waals surface area contributed by atoms with Crippen LogP contribution in [0.4, 0.5) is 0 Å². The van der Waals surface area contributed by atoms with E-state index < -0.39 is 0 Å². The summed E-state index contributed by atoms with van der Waals surface area (Å²) in [5, 5.41) is 3.10. The van der Waals surface area contributed by atoms with Crippen LogP contribution in [-0.2, 0) is 16.0 Å². The summed E-state index contributed by atoms with van der Waals surface area (Å²) >= 11 is 0. The lowest BCUT2D eigenvalue weighted by molar-refractivity contribution is -0.135. The molecule has 1 N–H and O–H groups in total. The van der Waals surface area contributed by atoms with Gasteiger partial charge in [0.25, 0.3) is 0 Å². The van der Waals surface area contributed by atoms with Gasteiger partial charge >= 0.3 is 0 Å². The van der Waals surface area contributed by atoms with Crippen LogP contribution in [0.1, 0.15) is 38.7 Å². The Hall–Kier alpha value is -2.04. The van der Waals surface area contributed by atoms with E-state index in [1.54, 1.807) is 7.11 Å². The summed E-state index contributed by atoms with van der Waals surface area (Å²) in [7, 11) is 1.64. The molecule has 1 heterocycles. The van der Waals surface area contributed by atoms with Crippen LogP contribution in [0, 0.1) is 5.92 Å². The molecule has 0 unspecified atom stereocenters. The fourth-order valence-corrected chi connectivity index (χ4v) is 3.00. The zero-order valence-corrected chi connectivity index (χ0v) is 14.9. The van der Waals surface area contributed by atoms with Crippen LogP contribution in [0.25, 0.3) is 0 Å². The molecule has 0 saturated carbocycles. The highest BCUT2D eigenvalue weighted by atomic mass is 16.5. The lowest BCUT2D eigenvalue weighted by Crippen LogP contribution is -2.47. The smallest absolute Gasteiger partial charge is 0.225 e. The van der Waals surface area contributed by atoms with Crippen molar-refractivity contribution in [2.75, 3.05) is 20.2 Å². The molecule has 2 amide bonds. The molecule has 0 bridgehead atoms. The number of likely N-dealkylation sites (tertiary alicyclic amines) is 1. The van der Waals surface area contributed by atoms with Gasteiger partial charge in [0.05, 0.1) is 7.11 Å². The average Bonchev–Trinajstić information content (AvgIpc) is 2.60. The van der Waals surface area contributed by atoms with E-state index in [4.69, 9.17) is 4.74 Å². The number of aryl methyl sites for hydroxylation is 1. The van der Waals surface area contributed by atoms with Crippen LogP contribution in [0.5, 0.6) is 5.75 Å². The second kappa shape index (κ2) is 8.71. The van der Waals surface area contributed by atoms with Gasteiger partial charge in [-0.1, -0.05) is 26.0 Å². The van der Waals surface area contributed by atoms with Crippen molar-refractivity contribution < 1.29 is 14.3 Å². The number of nitrogens with one attached hydrogen (secondary N) is 1. The van der Waals surface area contributed by atoms with Crippen molar-refractivity contribution in [2.24, 2.45) is 5.92 Å². The van der Waals surface area contributed by atoms with Gasteiger partial charge in [-0.3, -0.25) is 9.59 Å². The maximum atomic E-state index is 12.1. The average molecular weight is 332 g/mol. The second-order valence-corrected chi connectivity index (χ2v) is 6.67. The van der Waals surface area contributed by atoms with E-state index in [1.165, 1.54) is 0 Å². The third-order valence-electron chi connectivity index (χ3n) is 4.44. The number of amides is 2. The summed E-state index contributed by atoms with van der Waals surface area (Å²) in [4.78, 5) is 26.0. The minimum atomic E-state index is 0.0407. The number of ether oxygens (including phenoxy) is 1. The predicted molar refractivity (Wildman–Crippen MR) is 93.9 cm³/mol. The Kier molecular flexibility index (Phi) is 6.64. The highest BCUT2D eigenvalue weighted by molar-refractivity contribution is 5.78. The van der Waals surface area contributed by atoms with E-state index in [1.807, 2.05) is 43.0 Å². The van der Waals surface area contributed by atoms with Crippen LogP contribution in [0.3, 0.4) is 0 Å². The molecule has 1 aromatic rings. The molecule has 1 fully saturated rings. The molecule has 5 heteroatoms. The number of rotatable bonds is 6. The van der Waals surface area contributed by atoms with Crippen molar-refractivity contribution in [3.63, 3.8) is 0 Å². The van der Waals surface area contributed by atoms with Crippen molar-refractivity contribution in [2.45, 2.75) is 45.6 Å². The summed E-state index contributed by atoms with van der Waals surface area (Å²) in [5.41, 5.74) is 1.10. The van der Waals surface area contributed by atoms with Crippen LogP contribution in [0.15, 0.2) is 24.3 Å². The van der Waals surface area contributed by atoms with Gasteiger partial charge in [0.2, 0.25) is 11.8 Å². The Morgan fingerprint density at radius 2 is 2.00 bits per heavy atom. The van der Waals surface area contributed by atoms with E-state index in [0.29, 0.717) is 12.8 Å². The standard InChI is InChI=1S/C19H28N2O3/c1-14(2)19(23)21-11-9-16(10-12-21)20-18(22)8-7-15-5-4-6-17(13-15)24-3/h4-6,13-14,16H,7-12H2,1-3H3,(H,20,22). The monoisotopic (exact) mass is 332 g/mol. The van der Waals surface area contributed by atoms with Crippen molar-refractivity contribution in [1.82, 2.24) is 10.2 Å². The van der Waals surface area contributed by atoms with Gasteiger partial charge in [0.1, 0.15) is 5.75 Å². The van der Waals surface area contributed by atoms with Crippen molar-refractivity contribution in [3.05, 3.63) is 29.8 Å². The first-order valence-corrected chi connectivity index (χ1v) is 8.70. The minimum absolute atomic E-state index is 0.0407. The van der Waals surface area contributed by atoms with Gasteiger partial charge in [0.15, 0.2) is 0 Å². The first-order chi connectivity index (χ1) is 11.5. The van der Waals surface area contributed by atoms with Crippen LogP contribution < -0.4 is 10.1 Å². The zero-order chi connectivity index (χ0) is 17.5. The molecule has 0 spiro atoms. The first kappa shape index (κ1) is 18.3. The molecule has 132 valence electrons.